The zero-order chi connectivity index (χ0) is 25.6. The van der Waals surface area contributed by atoms with E-state index in [1.807, 2.05) is 0 Å². The van der Waals surface area contributed by atoms with E-state index in [2.05, 4.69) is 10.3 Å². The predicted molar refractivity (Wildman–Crippen MR) is 112 cm³/mol. The summed E-state index contributed by atoms with van der Waals surface area (Å²) in [6.07, 6.45) is -6.42. The third-order valence-electron chi connectivity index (χ3n) is 4.56. The van der Waals surface area contributed by atoms with Crippen LogP contribution in [-0.2, 0) is 49.9 Å². The number of rotatable bonds is 8. The maximum absolute atomic E-state index is 12.2. The second-order valence-corrected chi connectivity index (χ2v) is 7.29. The molecular formula is C20H27N3O11. The van der Waals surface area contributed by atoms with Crippen molar-refractivity contribution in [3.8, 4) is 6.01 Å². The summed E-state index contributed by atoms with van der Waals surface area (Å²) in [5, 5.41) is 2.80. The fourth-order valence-corrected chi connectivity index (χ4v) is 3.27. The summed E-state index contributed by atoms with van der Waals surface area (Å²) in [6, 6.07) is 1.11. The lowest BCUT2D eigenvalue weighted by Crippen LogP contribution is -2.64. The van der Waals surface area contributed by atoms with Crippen molar-refractivity contribution in [3.05, 3.63) is 16.4 Å². The Morgan fingerprint density at radius 2 is 1.53 bits per heavy atom. The molecule has 1 aromatic rings. The average molecular weight is 485 g/mol. The van der Waals surface area contributed by atoms with Crippen molar-refractivity contribution >= 4 is 29.7 Å². The molecule has 1 N–H and O–H groups in total. The number of anilines is 1. The van der Waals surface area contributed by atoms with E-state index < -0.39 is 60.1 Å². The molecule has 5 atom stereocenters. The van der Waals surface area contributed by atoms with Gasteiger partial charge in [0.25, 0.3) is 5.56 Å². The number of ether oxygens (including phenoxy) is 6. The third kappa shape index (κ3) is 6.91. The maximum atomic E-state index is 12.2. The van der Waals surface area contributed by atoms with Crippen LogP contribution in [0.4, 0.5) is 5.82 Å². The van der Waals surface area contributed by atoms with Crippen LogP contribution in [0.25, 0.3) is 0 Å². The number of carbonyl (C=O) groups excluding carboxylic acids is 4. The molecule has 34 heavy (non-hydrogen) atoms. The van der Waals surface area contributed by atoms with Crippen LogP contribution in [0, 0.1) is 0 Å². The van der Waals surface area contributed by atoms with Crippen molar-refractivity contribution in [3.63, 3.8) is 0 Å². The van der Waals surface area contributed by atoms with Crippen LogP contribution in [0.2, 0.25) is 0 Å². The van der Waals surface area contributed by atoms with Gasteiger partial charge in [0.15, 0.2) is 24.5 Å². The van der Waals surface area contributed by atoms with Crippen molar-refractivity contribution in [2.24, 2.45) is 7.05 Å². The fraction of sp³-hybridized carbons (Fsp3) is 0.600. The summed E-state index contributed by atoms with van der Waals surface area (Å²) in [6.45, 7) is 4.13. The molecule has 1 aromatic heterocycles. The van der Waals surface area contributed by atoms with Gasteiger partial charge in [-0.1, -0.05) is 0 Å². The lowest BCUT2D eigenvalue weighted by molar-refractivity contribution is -0.247. The SMILES string of the molecule is COc1nc(N[C@@H]2O[C@H](COC(C)=O)[C@@H](OC(C)=O)[C@H](OC(C)=O)[C@H]2OC(C)=O)cc(=O)n1C. The smallest absolute Gasteiger partial charge is 0.303 e. The molecule has 0 aliphatic carbocycles. The zero-order valence-corrected chi connectivity index (χ0v) is 19.6. The van der Waals surface area contributed by atoms with E-state index in [9.17, 15) is 24.0 Å². The summed E-state index contributed by atoms with van der Waals surface area (Å²) in [5.41, 5.74) is -0.472. The van der Waals surface area contributed by atoms with Crippen LogP contribution < -0.4 is 15.6 Å². The van der Waals surface area contributed by atoms with Crippen LogP contribution in [0.15, 0.2) is 10.9 Å². The number of methoxy groups -OCH3 is 1. The van der Waals surface area contributed by atoms with Crippen LogP contribution in [0.1, 0.15) is 27.7 Å². The van der Waals surface area contributed by atoms with Gasteiger partial charge in [-0.15, -0.1) is 0 Å². The molecule has 1 saturated heterocycles. The first kappa shape index (κ1) is 26.6. The Morgan fingerprint density at radius 3 is 2.06 bits per heavy atom. The molecule has 0 saturated carbocycles. The maximum Gasteiger partial charge on any atom is 0.303 e. The molecule has 0 amide bonds. The normalized spacial score (nSPS) is 23.9. The Kier molecular flexibility index (Phi) is 8.95. The number of nitrogens with zero attached hydrogens (tertiary/aromatic N) is 2. The molecule has 0 spiro atoms. The van der Waals surface area contributed by atoms with Crippen molar-refractivity contribution in [1.82, 2.24) is 9.55 Å². The molecule has 0 radical (unpaired) electrons. The second-order valence-electron chi connectivity index (χ2n) is 7.29. The molecule has 2 heterocycles. The number of aromatic nitrogens is 2. The number of esters is 4. The van der Waals surface area contributed by atoms with Gasteiger partial charge in [0.2, 0.25) is 0 Å². The summed E-state index contributed by atoms with van der Waals surface area (Å²) in [7, 11) is 2.77. The van der Waals surface area contributed by atoms with Gasteiger partial charge < -0.3 is 33.7 Å². The van der Waals surface area contributed by atoms with Crippen molar-refractivity contribution in [2.45, 2.75) is 58.3 Å². The van der Waals surface area contributed by atoms with E-state index in [-0.39, 0.29) is 18.4 Å². The molecule has 0 aromatic carbocycles. The van der Waals surface area contributed by atoms with E-state index >= 15 is 0 Å². The van der Waals surface area contributed by atoms with Gasteiger partial charge >= 0.3 is 29.9 Å². The first-order valence-electron chi connectivity index (χ1n) is 10.1. The largest absolute Gasteiger partial charge is 0.468 e. The van der Waals surface area contributed by atoms with Gasteiger partial charge in [0.05, 0.1) is 7.11 Å². The van der Waals surface area contributed by atoms with Crippen molar-refractivity contribution in [1.29, 1.82) is 0 Å². The van der Waals surface area contributed by atoms with Gasteiger partial charge in [-0.2, -0.15) is 4.98 Å². The zero-order valence-electron chi connectivity index (χ0n) is 19.6. The lowest BCUT2D eigenvalue weighted by Gasteiger charge is -2.44. The minimum Gasteiger partial charge on any atom is -0.468 e. The minimum atomic E-state index is -1.36. The standard InChI is InChI=1S/C20H27N3O11/c1-9(24)30-8-13-16(31-10(2)25)17(32-11(3)26)18(33-12(4)27)19(34-13)21-14-7-15(28)23(5)20(22-14)29-6/h7,13,16-19,21H,8H2,1-6H3/t13-,16-,17+,18-,19-/m1/s1. The van der Waals surface area contributed by atoms with E-state index in [0.717, 1.165) is 31.4 Å². The molecule has 2 rings (SSSR count). The Labute approximate surface area is 194 Å². The van der Waals surface area contributed by atoms with E-state index in [4.69, 9.17) is 28.4 Å². The molecule has 1 aliphatic rings. The molecule has 0 bridgehead atoms. The predicted octanol–water partition coefficient (Wildman–Crippen LogP) is -0.716. The number of carbonyl (C=O) groups is 4. The second kappa shape index (κ2) is 11.4. The highest BCUT2D eigenvalue weighted by atomic mass is 16.7. The molecule has 14 nitrogen and oxygen atoms in total. The molecule has 1 aliphatic heterocycles. The highest BCUT2D eigenvalue weighted by Gasteiger charge is 2.52. The molecule has 188 valence electrons. The van der Waals surface area contributed by atoms with Crippen LogP contribution in [-0.4, -0.2) is 77.8 Å². The topological polar surface area (TPSA) is 171 Å². The van der Waals surface area contributed by atoms with Gasteiger partial charge in [0.1, 0.15) is 18.5 Å². The molecule has 0 unspecified atom stereocenters. The number of hydrogen-bond donors (Lipinski definition) is 1. The third-order valence-corrected chi connectivity index (χ3v) is 4.56. The minimum absolute atomic E-state index is 0.0131. The van der Waals surface area contributed by atoms with Crippen molar-refractivity contribution < 1.29 is 47.6 Å². The Hall–Kier alpha value is -3.68. The highest BCUT2D eigenvalue weighted by Crippen LogP contribution is 2.30. The van der Waals surface area contributed by atoms with E-state index in [1.165, 1.54) is 21.1 Å². The lowest BCUT2D eigenvalue weighted by atomic mass is 9.97. The molecule has 14 heteroatoms. The highest BCUT2D eigenvalue weighted by molar-refractivity contribution is 5.68. The van der Waals surface area contributed by atoms with Crippen LogP contribution in [0.5, 0.6) is 6.01 Å². The number of hydrogen-bond acceptors (Lipinski definition) is 13. The quantitative estimate of drug-likeness (QED) is 0.362. The Morgan fingerprint density at radius 1 is 0.971 bits per heavy atom. The molecule has 1 fully saturated rings. The summed E-state index contributed by atoms with van der Waals surface area (Å²) < 4.78 is 33.1. The number of nitrogens with one attached hydrogen (secondary N) is 1. The molecular weight excluding hydrogens is 458 g/mol. The Bertz CT molecular complexity index is 992. The van der Waals surface area contributed by atoms with E-state index in [0.29, 0.717) is 0 Å². The van der Waals surface area contributed by atoms with E-state index in [1.54, 1.807) is 0 Å². The monoisotopic (exact) mass is 485 g/mol. The first-order chi connectivity index (χ1) is 15.9. The summed E-state index contributed by atoms with van der Waals surface area (Å²) in [5.74, 6) is -2.92. The van der Waals surface area contributed by atoms with Gasteiger partial charge in [-0.3, -0.25) is 28.5 Å². The van der Waals surface area contributed by atoms with Crippen LogP contribution in [0.3, 0.4) is 0 Å². The average Bonchev–Trinajstić information content (AvgIpc) is 2.72. The van der Waals surface area contributed by atoms with Crippen LogP contribution >= 0.6 is 0 Å². The van der Waals surface area contributed by atoms with Gasteiger partial charge in [-0.25, -0.2) is 0 Å². The Balaban J connectivity index is 2.52. The van der Waals surface area contributed by atoms with Crippen molar-refractivity contribution in [2.75, 3.05) is 19.0 Å². The summed E-state index contributed by atoms with van der Waals surface area (Å²) in [4.78, 5) is 63.2. The fourth-order valence-electron chi connectivity index (χ4n) is 3.27. The summed E-state index contributed by atoms with van der Waals surface area (Å²) >= 11 is 0. The van der Waals surface area contributed by atoms with Gasteiger partial charge in [0, 0.05) is 40.8 Å². The van der Waals surface area contributed by atoms with Gasteiger partial charge in [-0.05, 0) is 0 Å². The first-order valence-corrected chi connectivity index (χ1v) is 10.1.